The smallest absolute Gasteiger partial charge is 0.415 e. The Bertz CT molecular complexity index is 1490. The SMILES string of the molecule is COc1ccc(CO)cc1CN(C(=O)OC(C)(C)C)c1cccc(CO[Si](c2ccccc2)(c2ccccc2)C(C)(C)C)c1. The number of aliphatic hydroxyl groups is 1. The summed E-state index contributed by atoms with van der Waals surface area (Å²) in [5.74, 6) is 0.627. The summed E-state index contributed by atoms with van der Waals surface area (Å²) in [6.45, 7) is 12.8. The Hall–Kier alpha value is -3.91. The maximum absolute atomic E-state index is 13.6. The number of rotatable bonds is 10. The van der Waals surface area contributed by atoms with Gasteiger partial charge < -0.3 is 19.0 Å². The molecule has 4 aromatic rings. The fourth-order valence-electron chi connectivity index (χ4n) is 5.57. The number of methoxy groups -OCH3 is 1. The average molecular weight is 612 g/mol. The van der Waals surface area contributed by atoms with Crippen molar-refractivity contribution in [1.29, 1.82) is 0 Å². The second kappa shape index (κ2) is 13.8. The lowest BCUT2D eigenvalue weighted by Crippen LogP contribution is -2.66. The zero-order chi connectivity index (χ0) is 32.0. The molecule has 0 aromatic heterocycles. The lowest BCUT2D eigenvalue weighted by Gasteiger charge is -2.43. The number of ether oxygens (including phenoxy) is 2. The highest BCUT2D eigenvalue weighted by Crippen LogP contribution is 2.37. The Kier molecular flexibility index (Phi) is 10.4. The molecule has 7 heteroatoms. The highest BCUT2D eigenvalue weighted by molar-refractivity contribution is 6.99. The van der Waals surface area contributed by atoms with E-state index in [1.165, 1.54) is 10.4 Å². The number of nitrogens with zero attached hydrogens (tertiary/aromatic N) is 1. The van der Waals surface area contributed by atoms with E-state index in [9.17, 15) is 9.90 Å². The van der Waals surface area contributed by atoms with Gasteiger partial charge >= 0.3 is 6.09 Å². The fraction of sp³-hybridized carbons (Fsp3) is 0.324. The number of hydrogen-bond donors (Lipinski definition) is 1. The molecule has 6 nitrogen and oxygen atoms in total. The van der Waals surface area contributed by atoms with Crippen molar-refractivity contribution in [3.63, 3.8) is 0 Å². The standard InChI is InChI=1S/C37H45NO5Si/c1-36(2,3)43-35(40)38(25-30-23-28(26-39)21-22-34(30)41-7)31-16-14-15-29(24-31)27-42-44(37(4,5)6,32-17-10-8-11-18-32)33-19-12-9-13-20-33/h8-24,39H,25-27H2,1-7H3. The number of carbonyl (C=O) groups excluding carboxylic acids is 1. The van der Waals surface area contributed by atoms with Crippen LogP contribution >= 0.6 is 0 Å². The molecule has 4 aromatic carbocycles. The summed E-state index contributed by atoms with van der Waals surface area (Å²) in [6, 6.07) is 34.4. The molecule has 0 radical (unpaired) electrons. The van der Waals surface area contributed by atoms with E-state index >= 15 is 0 Å². The molecule has 0 unspecified atom stereocenters. The van der Waals surface area contributed by atoms with Crippen molar-refractivity contribution in [3.8, 4) is 5.75 Å². The van der Waals surface area contributed by atoms with E-state index in [-0.39, 0.29) is 18.2 Å². The van der Waals surface area contributed by atoms with E-state index in [2.05, 4.69) is 69.3 Å². The highest BCUT2D eigenvalue weighted by atomic mass is 28.4. The van der Waals surface area contributed by atoms with Crippen molar-refractivity contribution in [2.45, 2.75) is 71.9 Å². The summed E-state index contributed by atoms with van der Waals surface area (Å²) in [7, 11) is -1.16. The predicted octanol–water partition coefficient (Wildman–Crippen LogP) is 7.21. The first-order valence-corrected chi connectivity index (χ1v) is 16.9. The minimum atomic E-state index is -2.76. The highest BCUT2D eigenvalue weighted by Gasteiger charge is 2.50. The van der Waals surface area contributed by atoms with Gasteiger partial charge in [-0.2, -0.15) is 0 Å². The first kappa shape index (κ1) is 33.0. The van der Waals surface area contributed by atoms with Crippen LogP contribution in [0, 0.1) is 0 Å². The molecule has 0 bridgehead atoms. The largest absolute Gasteiger partial charge is 0.496 e. The second-order valence-corrected chi connectivity index (χ2v) is 17.3. The van der Waals surface area contributed by atoms with Crippen LogP contribution in [0.5, 0.6) is 5.75 Å². The van der Waals surface area contributed by atoms with Crippen molar-refractivity contribution in [1.82, 2.24) is 0 Å². The Morgan fingerprint density at radius 2 is 1.39 bits per heavy atom. The lowest BCUT2D eigenvalue weighted by atomic mass is 10.1. The molecule has 1 amide bonds. The third-order valence-electron chi connectivity index (χ3n) is 7.56. The van der Waals surface area contributed by atoms with Crippen LogP contribution in [-0.4, -0.2) is 32.2 Å². The van der Waals surface area contributed by atoms with Crippen molar-refractivity contribution in [3.05, 3.63) is 120 Å². The third kappa shape index (κ3) is 7.59. The Balaban J connectivity index is 1.74. The van der Waals surface area contributed by atoms with Gasteiger partial charge in [0.05, 0.1) is 26.9 Å². The maximum Gasteiger partial charge on any atom is 0.415 e. The number of carbonyl (C=O) groups is 1. The van der Waals surface area contributed by atoms with Crippen LogP contribution < -0.4 is 20.0 Å². The number of aliphatic hydroxyl groups excluding tert-OH is 1. The molecule has 0 saturated heterocycles. The summed E-state index contributed by atoms with van der Waals surface area (Å²) >= 11 is 0. The van der Waals surface area contributed by atoms with E-state index < -0.39 is 20.0 Å². The molecule has 0 heterocycles. The van der Waals surface area contributed by atoms with Gasteiger partial charge in [0.2, 0.25) is 0 Å². The van der Waals surface area contributed by atoms with Gasteiger partial charge in [-0.15, -0.1) is 0 Å². The number of benzene rings is 4. The topological polar surface area (TPSA) is 68.2 Å². The quantitative estimate of drug-likeness (QED) is 0.192. The molecule has 0 atom stereocenters. The summed E-state index contributed by atoms with van der Waals surface area (Å²) in [5, 5.41) is 12.0. The zero-order valence-corrected chi connectivity index (χ0v) is 28.0. The molecule has 4 rings (SSSR count). The Morgan fingerprint density at radius 1 is 0.773 bits per heavy atom. The summed E-state index contributed by atoms with van der Waals surface area (Å²) in [4.78, 5) is 15.2. The molecule has 44 heavy (non-hydrogen) atoms. The molecule has 0 spiro atoms. The molecule has 0 aliphatic rings. The molecular weight excluding hydrogens is 566 g/mol. The van der Waals surface area contributed by atoms with Gasteiger partial charge in [0.1, 0.15) is 11.4 Å². The minimum absolute atomic E-state index is 0.113. The lowest BCUT2D eigenvalue weighted by molar-refractivity contribution is 0.0577. The maximum atomic E-state index is 13.6. The van der Waals surface area contributed by atoms with Crippen LogP contribution in [0.4, 0.5) is 10.5 Å². The van der Waals surface area contributed by atoms with Crippen LogP contribution in [-0.2, 0) is 28.9 Å². The molecule has 0 saturated carbocycles. The van der Waals surface area contributed by atoms with Gasteiger partial charge in [-0.1, -0.05) is 99.6 Å². The van der Waals surface area contributed by atoms with E-state index in [1.807, 2.05) is 75.4 Å². The van der Waals surface area contributed by atoms with Crippen molar-refractivity contribution >= 4 is 30.5 Å². The fourth-order valence-corrected chi connectivity index (χ4v) is 10.1. The predicted molar refractivity (Wildman–Crippen MR) is 180 cm³/mol. The van der Waals surface area contributed by atoms with Crippen molar-refractivity contribution in [2.24, 2.45) is 0 Å². The number of anilines is 1. The second-order valence-electron chi connectivity index (χ2n) is 13.0. The van der Waals surface area contributed by atoms with Gasteiger partial charge in [0, 0.05) is 11.3 Å². The van der Waals surface area contributed by atoms with Crippen molar-refractivity contribution < 1.29 is 23.8 Å². The Labute approximate surface area is 263 Å². The third-order valence-corrected chi connectivity index (χ3v) is 12.5. The first-order valence-electron chi connectivity index (χ1n) is 15.0. The van der Waals surface area contributed by atoms with Crippen LogP contribution in [0.3, 0.4) is 0 Å². The molecule has 0 fully saturated rings. The zero-order valence-electron chi connectivity index (χ0n) is 27.0. The summed E-state index contributed by atoms with van der Waals surface area (Å²) in [6.07, 6.45) is -0.473. The van der Waals surface area contributed by atoms with Crippen LogP contribution in [0.2, 0.25) is 5.04 Å². The first-order chi connectivity index (χ1) is 20.9. The van der Waals surface area contributed by atoms with Crippen molar-refractivity contribution in [2.75, 3.05) is 12.0 Å². The van der Waals surface area contributed by atoms with Gasteiger partial charge in [0.15, 0.2) is 0 Å². The van der Waals surface area contributed by atoms with Crippen LogP contribution in [0.15, 0.2) is 103 Å². The molecule has 232 valence electrons. The molecular formula is C37H45NO5Si. The normalized spacial score (nSPS) is 12.1. The van der Waals surface area contributed by atoms with Gasteiger partial charge in [-0.3, -0.25) is 4.90 Å². The summed E-state index contributed by atoms with van der Waals surface area (Å²) in [5.41, 5.74) is 2.44. The minimum Gasteiger partial charge on any atom is -0.496 e. The Morgan fingerprint density at radius 3 is 1.91 bits per heavy atom. The van der Waals surface area contributed by atoms with Crippen LogP contribution in [0.25, 0.3) is 0 Å². The number of amides is 1. The molecule has 0 aliphatic heterocycles. The monoisotopic (exact) mass is 611 g/mol. The van der Waals surface area contributed by atoms with Gasteiger partial charge in [-0.05, 0) is 71.6 Å². The van der Waals surface area contributed by atoms with E-state index in [0.29, 0.717) is 18.0 Å². The number of hydrogen-bond acceptors (Lipinski definition) is 5. The van der Waals surface area contributed by atoms with Crippen LogP contribution in [0.1, 0.15) is 58.2 Å². The van der Waals surface area contributed by atoms with Gasteiger partial charge in [-0.25, -0.2) is 4.79 Å². The van der Waals surface area contributed by atoms with E-state index in [1.54, 1.807) is 12.0 Å². The summed E-state index contributed by atoms with van der Waals surface area (Å²) < 4.78 is 18.6. The van der Waals surface area contributed by atoms with E-state index in [4.69, 9.17) is 13.9 Å². The molecule has 0 aliphatic carbocycles. The van der Waals surface area contributed by atoms with E-state index in [0.717, 1.165) is 16.7 Å². The average Bonchev–Trinajstić information content (AvgIpc) is 2.99. The van der Waals surface area contributed by atoms with Gasteiger partial charge in [0.25, 0.3) is 8.32 Å². The molecule has 1 N–H and O–H groups in total.